The SMILES string of the molecule is CC(C)(C)OC(=O)N1C[C@@]2(C(=O)O)C[C@@]2(C(F)(F)F)C1. The lowest BCUT2D eigenvalue weighted by atomic mass is 9.96. The van der Waals surface area contributed by atoms with Crippen molar-refractivity contribution in [1.29, 1.82) is 0 Å². The van der Waals surface area contributed by atoms with Gasteiger partial charge in [-0.05, 0) is 27.2 Å². The Kier molecular flexibility index (Phi) is 2.83. The first kappa shape index (κ1) is 14.9. The van der Waals surface area contributed by atoms with Crippen LogP contribution in [0.15, 0.2) is 0 Å². The first-order valence-corrected chi connectivity index (χ1v) is 6.13. The van der Waals surface area contributed by atoms with E-state index in [2.05, 4.69) is 0 Å². The molecule has 5 nitrogen and oxygen atoms in total. The summed E-state index contributed by atoms with van der Waals surface area (Å²) in [5.74, 6) is -1.51. The van der Waals surface area contributed by atoms with Crippen molar-refractivity contribution in [2.75, 3.05) is 13.1 Å². The quantitative estimate of drug-likeness (QED) is 0.805. The molecule has 0 unspecified atom stereocenters. The van der Waals surface area contributed by atoms with Crippen molar-refractivity contribution in [1.82, 2.24) is 4.90 Å². The fourth-order valence-corrected chi connectivity index (χ4v) is 2.86. The van der Waals surface area contributed by atoms with Gasteiger partial charge < -0.3 is 14.7 Å². The van der Waals surface area contributed by atoms with Crippen LogP contribution in [0.25, 0.3) is 0 Å². The van der Waals surface area contributed by atoms with Gasteiger partial charge in [0.1, 0.15) is 16.4 Å². The molecular weight excluding hydrogens is 279 g/mol. The number of halogens is 3. The van der Waals surface area contributed by atoms with E-state index in [1.165, 1.54) is 0 Å². The molecule has 0 aromatic carbocycles. The van der Waals surface area contributed by atoms with Crippen molar-refractivity contribution in [2.45, 2.75) is 39.0 Å². The summed E-state index contributed by atoms with van der Waals surface area (Å²) in [5, 5.41) is 9.10. The van der Waals surface area contributed by atoms with E-state index in [9.17, 15) is 22.8 Å². The molecule has 0 spiro atoms. The van der Waals surface area contributed by atoms with Gasteiger partial charge in [0.2, 0.25) is 0 Å². The molecule has 0 aromatic rings. The van der Waals surface area contributed by atoms with E-state index in [1.54, 1.807) is 20.8 Å². The molecule has 0 aromatic heterocycles. The minimum atomic E-state index is -4.65. The summed E-state index contributed by atoms with van der Waals surface area (Å²) in [4.78, 5) is 23.8. The highest BCUT2D eigenvalue weighted by Gasteiger charge is 2.87. The number of carboxylic acid groups (broad SMARTS) is 1. The maximum Gasteiger partial charge on any atom is 0.410 e. The van der Waals surface area contributed by atoms with Crippen molar-refractivity contribution in [2.24, 2.45) is 10.8 Å². The Labute approximate surface area is 113 Å². The lowest BCUT2D eigenvalue weighted by Crippen LogP contribution is -2.39. The van der Waals surface area contributed by atoms with E-state index in [0.29, 0.717) is 0 Å². The number of carbonyl (C=O) groups excluding carboxylic acids is 1. The number of hydrogen-bond acceptors (Lipinski definition) is 3. The number of alkyl halides is 3. The van der Waals surface area contributed by atoms with E-state index in [-0.39, 0.29) is 0 Å². The number of likely N-dealkylation sites (tertiary alicyclic amines) is 1. The molecule has 2 aliphatic rings. The van der Waals surface area contributed by atoms with E-state index in [1.807, 2.05) is 0 Å². The third kappa shape index (κ3) is 1.92. The van der Waals surface area contributed by atoms with E-state index in [4.69, 9.17) is 9.84 Å². The average Bonchev–Trinajstić information content (AvgIpc) is 2.75. The number of fused-ring (bicyclic) bond motifs is 1. The molecule has 8 heteroatoms. The van der Waals surface area contributed by atoms with Crippen LogP contribution in [0.1, 0.15) is 27.2 Å². The third-order valence-electron chi connectivity index (χ3n) is 3.92. The molecule has 1 saturated heterocycles. The Hall–Kier alpha value is -1.47. The molecule has 1 aliphatic heterocycles. The zero-order chi connectivity index (χ0) is 15.6. The standard InChI is InChI=1S/C12H16F3NO4/c1-9(2,3)20-8(19)16-5-10(7(17)18)4-11(10,6-16)12(13,14)15/h4-6H2,1-3H3,(H,17,18)/t10-,11-/m1/s1. The Bertz CT molecular complexity index is 470. The maximum absolute atomic E-state index is 13.1. The minimum Gasteiger partial charge on any atom is -0.481 e. The molecule has 114 valence electrons. The summed E-state index contributed by atoms with van der Waals surface area (Å²) in [5.41, 5.74) is -5.09. The van der Waals surface area contributed by atoms with Crippen LogP contribution in [0.5, 0.6) is 0 Å². The zero-order valence-electron chi connectivity index (χ0n) is 11.4. The number of aliphatic carboxylic acids is 1. The summed E-state index contributed by atoms with van der Waals surface area (Å²) in [6.45, 7) is 3.66. The molecule has 1 amide bonds. The molecule has 20 heavy (non-hydrogen) atoms. The molecule has 1 heterocycles. The van der Waals surface area contributed by atoms with Crippen LogP contribution in [0.3, 0.4) is 0 Å². The van der Waals surface area contributed by atoms with Crippen LogP contribution >= 0.6 is 0 Å². The normalized spacial score (nSPS) is 32.8. The summed E-state index contributed by atoms with van der Waals surface area (Å²) in [6.07, 6.45) is -6.03. The second kappa shape index (κ2) is 3.79. The molecular formula is C12H16F3NO4. The van der Waals surface area contributed by atoms with Crippen LogP contribution < -0.4 is 0 Å². The van der Waals surface area contributed by atoms with E-state index < -0.39 is 54.2 Å². The number of amides is 1. The van der Waals surface area contributed by atoms with Gasteiger partial charge in [-0.1, -0.05) is 0 Å². The predicted molar refractivity (Wildman–Crippen MR) is 61.0 cm³/mol. The van der Waals surface area contributed by atoms with E-state index >= 15 is 0 Å². The number of carbonyl (C=O) groups is 2. The Morgan fingerprint density at radius 1 is 1.20 bits per heavy atom. The average molecular weight is 295 g/mol. The van der Waals surface area contributed by atoms with Crippen molar-refractivity contribution in [3.8, 4) is 0 Å². The fraction of sp³-hybridized carbons (Fsp3) is 0.833. The molecule has 2 atom stereocenters. The molecule has 1 N–H and O–H groups in total. The second-order valence-electron chi connectivity index (χ2n) is 6.48. The minimum absolute atomic E-state index is 0.462. The van der Waals surface area contributed by atoms with E-state index in [0.717, 1.165) is 4.90 Å². The van der Waals surface area contributed by atoms with Gasteiger partial charge in [0.15, 0.2) is 0 Å². The van der Waals surface area contributed by atoms with Crippen LogP contribution in [0.2, 0.25) is 0 Å². The van der Waals surface area contributed by atoms with Gasteiger partial charge in [-0.3, -0.25) is 4.79 Å². The van der Waals surface area contributed by atoms with Gasteiger partial charge in [0, 0.05) is 13.1 Å². The van der Waals surface area contributed by atoms with Crippen LogP contribution in [-0.4, -0.2) is 46.9 Å². The summed E-state index contributed by atoms with van der Waals surface area (Å²) >= 11 is 0. The maximum atomic E-state index is 13.1. The highest BCUT2D eigenvalue weighted by Crippen LogP contribution is 2.74. The smallest absolute Gasteiger partial charge is 0.410 e. The highest BCUT2D eigenvalue weighted by atomic mass is 19.4. The number of rotatable bonds is 1. The molecule has 1 saturated carbocycles. The Morgan fingerprint density at radius 3 is 2.10 bits per heavy atom. The van der Waals surface area contributed by atoms with Gasteiger partial charge in [0.25, 0.3) is 0 Å². The van der Waals surface area contributed by atoms with Gasteiger partial charge >= 0.3 is 18.2 Å². The Morgan fingerprint density at radius 2 is 1.75 bits per heavy atom. The van der Waals surface area contributed by atoms with Crippen LogP contribution in [0, 0.1) is 10.8 Å². The second-order valence-corrected chi connectivity index (χ2v) is 6.48. The fourth-order valence-electron chi connectivity index (χ4n) is 2.86. The highest BCUT2D eigenvalue weighted by molar-refractivity contribution is 5.84. The first-order valence-electron chi connectivity index (χ1n) is 6.13. The number of piperidine rings is 1. The molecule has 0 radical (unpaired) electrons. The summed E-state index contributed by atoms with van der Waals surface area (Å²) in [6, 6.07) is 0. The number of nitrogens with zero attached hydrogens (tertiary/aromatic N) is 1. The third-order valence-corrected chi connectivity index (χ3v) is 3.92. The Balaban J connectivity index is 2.21. The van der Waals surface area contributed by atoms with Gasteiger partial charge in [0.05, 0.1) is 0 Å². The van der Waals surface area contributed by atoms with Crippen molar-refractivity contribution < 1.29 is 32.6 Å². The van der Waals surface area contributed by atoms with Crippen LogP contribution in [0.4, 0.5) is 18.0 Å². The monoisotopic (exact) mass is 295 g/mol. The van der Waals surface area contributed by atoms with Gasteiger partial charge in [-0.25, -0.2) is 4.79 Å². The lowest BCUT2D eigenvalue weighted by molar-refractivity contribution is -0.196. The number of carboxylic acids is 1. The van der Waals surface area contributed by atoms with Crippen molar-refractivity contribution >= 4 is 12.1 Å². The lowest BCUT2D eigenvalue weighted by Gasteiger charge is -2.26. The van der Waals surface area contributed by atoms with Gasteiger partial charge in [-0.2, -0.15) is 13.2 Å². The van der Waals surface area contributed by atoms with Crippen molar-refractivity contribution in [3.05, 3.63) is 0 Å². The number of ether oxygens (including phenoxy) is 1. The summed E-state index contributed by atoms with van der Waals surface area (Å²) in [7, 11) is 0. The molecule has 0 bridgehead atoms. The van der Waals surface area contributed by atoms with Gasteiger partial charge in [-0.15, -0.1) is 0 Å². The first-order chi connectivity index (χ1) is 8.85. The molecule has 2 fully saturated rings. The largest absolute Gasteiger partial charge is 0.481 e. The van der Waals surface area contributed by atoms with Crippen LogP contribution in [-0.2, 0) is 9.53 Å². The predicted octanol–water partition coefficient (Wildman–Crippen LogP) is 2.26. The topological polar surface area (TPSA) is 66.8 Å². The van der Waals surface area contributed by atoms with Crippen molar-refractivity contribution in [3.63, 3.8) is 0 Å². The summed E-state index contributed by atoms with van der Waals surface area (Å²) < 4.78 is 44.4. The molecule has 1 aliphatic carbocycles. The molecule has 2 rings (SSSR count). The zero-order valence-corrected chi connectivity index (χ0v) is 11.4. The number of hydrogen-bond donors (Lipinski definition) is 1.